The van der Waals surface area contributed by atoms with Gasteiger partial charge in [0.25, 0.3) is 0 Å². The van der Waals surface area contributed by atoms with Crippen molar-refractivity contribution in [2.75, 3.05) is 41.0 Å². The van der Waals surface area contributed by atoms with Gasteiger partial charge in [-0.3, -0.25) is 19.3 Å². The summed E-state index contributed by atoms with van der Waals surface area (Å²) in [5.41, 5.74) is 0. The molecule has 0 aromatic heterocycles. The number of nitrogens with zero attached hydrogens (tertiary/aromatic N) is 4. The second-order valence-corrected chi connectivity index (χ2v) is 7.02. The first-order chi connectivity index (χ1) is 11.9. The van der Waals surface area contributed by atoms with E-state index in [1.165, 1.54) is 28.8 Å². The predicted octanol–water partition coefficient (Wildman–Crippen LogP) is -0.506. The van der Waals surface area contributed by atoms with E-state index in [-0.39, 0.29) is 50.4 Å². The van der Waals surface area contributed by atoms with Gasteiger partial charge in [0, 0.05) is 59.6 Å². The van der Waals surface area contributed by atoms with Crippen molar-refractivity contribution >= 4 is 36.6 Å². The molecule has 4 unspecified atom stereocenters. The molecule has 8 nitrogen and oxygen atoms in total. The Morgan fingerprint density at radius 1 is 0.815 bits per heavy atom. The van der Waals surface area contributed by atoms with Crippen molar-refractivity contribution in [3.63, 3.8) is 0 Å². The molecule has 0 bridgehead atoms. The van der Waals surface area contributed by atoms with Crippen LogP contribution >= 0.6 is 12.6 Å². The molecule has 0 aliphatic rings. The van der Waals surface area contributed by atoms with Crippen LogP contribution in [0.15, 0.2) is 0 Å². The van der Waals surface area contributed by atoms with E-state index >= 15 is 0 Å². The number of rotatable bonds is 9. The SMILES string of the molecule is CC([C-]=O)N(C)C(=O)C(C)N(C)C(=O)C(C)N(C)C(=O)C(CS)N(C)C.[Y]. The van der Waals surface area contributed by atoms with Gasteiger partial charge in [-0.05, 0) is 27.9 Å². The maximum Gasteiger partial charge on any atom is 0.245 e. The van der Waals surface area contributed by atoms with Gasteiger partial charge in [-0.25, -0.2) is 6.29 Å². The molecule has 3 amide bonds. The minimum absolute atomic E-state index is 0. The molecule has 0 fully saturated rings. The molecule has 0 aromatic rings. The number of amides is 3. The summed E-state index contributed by atoms with van der Waals surface area (Å²) in [6.45, 7) is 4.75. The molecule has 0 aliphatic carbocycles. The summed E-state index contributed by atoms with van der Waals surface area (Å²) in [7, 11) is 8.09. The van der Waals surface area contributed by atoms with Gasteiger partial charge in [-0.15, -0.1) is 0 Å². The fourth-order valence-corrected chi connectivity index (χ4v) is 2.75. The molecule has 0 saturated heterocycles. The van der Waals surface area contributed by atoms with Crippen molar-refractivity contribution in [1.29, 1.82) is 0 Å². The van der Waals surface area contributed by atoms with Crippen molar-refractivity contribution in [1.82, 2.24) is 19.6 Å². The number of hydrogen-bond acceptors (Lipinski definition) is 6. The third-order valence-electron chi connectivity index (χ3n) is 4.75. The van der Waals surface area contributed by atoms with E-state index < -0.39 is 24.2 Å². The largest absolute Gasteiger partial charge is 0.540 e. The molecule has 0 saturated carbocycles. The number of likely N-dealkylation sites (N-methyl/N-ethyl adjacent to an activating group) is 4. The fraction of sp³-hybridized carbons (Fsp3) is 0.765. The standard InChI is InChI=1S/C17H31N4O4S.Y/c1-11(9-22)19(6)15(23)12(2)20(7)16(24)13(3)21(8)17(25)14(10-26)18(4)5;/h11-14,26H,10H2,1-8H3;/q-1;. The van der Waals surface area contributed by atoms with Crippen LogP contribution in [0.3, 0.4) is 0 Å². The van der Waals surface area contributed by atoms with Crippen molar-refractivity contribution in [2.24, 2.45) is 0 Å². The van der Waals surface area contributed by atoms with E-state index in [1.54, 1.807) is 53.1 Å². The Morgan fingerprint density at radius 2 is 1.19 bits per heavy atom. The van der Waals surface area contributed by atoms with Gasteiger partial charge < -0.3 is 19.5 Å². The summed E-state index contributed by atoms with van der Waals surface area (Å²) < 4.78 is 0. The van der Waals surface area contributed by atoms with Crippen LogP contribution in [0, 0.1) is 0 Å². The number of hydrogen-bond donors (Lipinski definition) is 1. The van der Waals surface area contributed by atoms with Crippen LogP contribution in [0.1, 0.15) is 20.8 Å². The fourth-order valence-electron chi connectivity index (χ4n) is 2.27. The van der Waals surface area contributed by atoms with Crippen molar-refractivity contribution in [3.05, 3.63) is 0 Å². The second-order valence-electron chi connectivity index (χ2n) is 6.66. The molecule has 1 radical (unpaired) electrons. The Kier molecular flexibility index (Phi) is 13.7. The maximum atomic E-state index is 12.7. The third-order valence-corrected chi connectivity index (χ3v) is 5.10. The van der Waals surface area contributed by atoms with Crippen LogP contribution in [-0.4, -0.2) is 109 Å². The monoisotopic (exact) mass is 476 g/mol. The summed E-state index contributed by atoms with van der Waals surface area (Å²) in [4.78, 5) is 54.1. The molecule has 0 spiro atoms. The molecule has 0 N–H and O–H groups in total. The number of carbonyl (C=O) groups excluding carboxylic acids is 4. The van der Waals surface area contributed by atoms with Gasteiger partial charge in [-0.1, -0.05) is 13.0 Å². The Morgan fingerprint density at radius 3 is 1.52 bits per heavy atom. The van der Waals surface area contributed by atoms with Crippen LogP contribution < -0.4 is 0 Å². The first kappa shape index (κ1) is 28.7. The number of carbonyl (C=O) groups is 3. The quantitative estimate of drug-likeness (QED) is 0.359. The molecule has 0 rings (SSSR count). The van der Waals surface area contributed by atoms with E-state index in [2.05, 4.69) is 12.6 Å². The molecule has 0 heterocycles. The molecule has 0 aliphatic heterocycles. The summed E-state index contributed by atoms with van der Waals surface area (Å²) in [5.74, 6) is -0.638. The number of thiol groups is 1. The zero-order valence-electron chi connectivity index (χ0n) is 17.5. The minimum atomic E-state index is -0.774. The Labute approximate surface area is 193 Å². The van der Waals surface area contributed by atoms with E-state index in [9.17, 15) is 19.2 Å². The second kappa shape index (κ2) is 12.9. The van der Waals surface area contributed by atoms with Gasteiger partial charge in [0.05, 0.1) is 6.04 Å². The average Bonchev–Trinajstić information content (AvgIpc) is 2.62. The topological polar surface area (TPSA) is 81.2 Å². The van der Waals surface area contributed by atoms with Crippen LogP contribution in [0.25, 0.3) is 0 Å². The first-order valence-electron chi connectivity index (χ1n) is 8.37. The summed E-state index contributed by atoms with van der Waals surface area (Å²) in [6, 6.07) is -2.67. The first-order valence-corrected chi connectivity index (χ1v) is 9.00. The van der Waals surface area contributed by atoms with Crippen LogP contribution in [0.5, 0.6) is 0 Å². The predicted molar refractivity (Wildman–Crippen MR) is 104 cm³/mol. The average molecular weight is 476 g/mol. The van der Waals surface area contributed by atoms with E-state index in [1.807, 2.05) is 0 Å². The molecular formula is C17H31N4O4SY-. The van der Waals surface area contributed by atoms with Gasteiger partial charge in [-0.2, -0.15) is 12.6 Å². The van der Waals surface area contributed by atoms with E-state index in [0.717, 1.165) is 0 Å². The molecule has 27 heavy (non-hydrogen) atoms. The van der Waals surface area contributed by atoms with Crippen LogP contribution in [0.2, 0.25) is 0 Å². The summed E-state index contributed by atoms with van der Waals surface area (Å²) in [6.07, 6.45) is 1.74. The van der Waals surface area contributed by atoms with Crippen LogP contribution in [0.4, 0.5) is 0 Å². The molecule has 4 atom stereocenters. The van der Waals surface area contributed by atoms with Gasteiger partial charge in [0.15, 0.2) is 0 Å². The van der Waals surface area contributed by atoms with Crippen molar-refractivity contribution in [3.8, 4) is 0 Å². The normalized spacial score (nSPS) is 15.0. The molecule has 153 valence electrons. The van der Waals surface area contributed by atoms with E-state index in [4.69, 9.17) is 0 Å². The van der Waals surface area contributed by atoms with Gasteiger partial charge >= 0.3 is 0 Å². The molecular weight excluding hydrogens is 445 g/mol. The van der Waals surface area contributed by atoms with Crippen molar-refractivity contribution < 1.29 is 51.9 Å². The molecule has 0 aromatic carbocycles. The molecule has 10 heteroatoms. The Hall–Kier alpha value is -0.506. The Bertz CT molecular complexity index is 535. The van der Waals surface area contributed by atoms with Gasteiger partial charge in [0.1, 0.15) is 12.1 Å². The van der Waals surface area contributed by atoms with Crippen LogP contribution in [-0.2, 0) is 51.9 Å². The minimum Gasteiger partial charge on any atom is -0.540 e. The van der Waals surface area contributed by atoms with E-state index in [0.29, 0.717) is 5.75 Å². The summed E-state index contributed by atoms with van der Waals surface area (Å²) >= 11 is 4.19. The summed E-state index contributed by atoms with van der Waals surface area (Å²) in [5, 5.41) is 0. The Balaban J connectivity index is 0. The zero-order valence-corrected chi connectivity index (χ0v) is 21.2. The van der Waals surface area contributed by atoms with Gasteiger partial charge in [0.2, 0.25) is 17.7 Å². The zero-order chi connectivity index (χ0) is 20.8. The smallest absolute Gasteiger partial charge is 0.245 e. The third kappa shape index (κ3) is 7.44. The maximum absolute atomic E-state index is 12.7. The van der Waals surface area contributed by atoms with Crippen molar-refractivity contribution in [2.45, 2.75) is 44.9 Å².